The van der Waals surface area contributed by atoms with E-state index in [0.29, 0.717) is 28.0 Å². The molecule has 0 aliphatic heterocycles. The van der Waals surface area contributed by atoms with Crippen LogP contribution in [0.2, 0.25) is 0 Å². The minimum absolute atomic E-state index is 0.240. The summed E-state index contributed by atoms with van der Waals surface area (Å²) < 4.78 is 1.36. The summed E-state index contributed by atoms with van der Waals surface area (Å²) in [5.41, 5.74) is 1.53. The fourth-order valence-electron chi connectivity index (χ4n) is 3.68. The van der Waals surface area contributed by atoms with E-state index in [9.17, 15) is 14.7 Å². The first kappa shape index (κ1) is 16.9. The third-order valence-corrected chi connectivity index (χ3v) is 6.13. The zero-order valence-electron chi connectivity index (χ0n) is 14.4. The topological polar surface area (TPSA) is 85.1 Å². The van der Waals surface area contributed by atoms with E-state index < -0.39 is 12.0 Å². The summed E-state index contributed by atoms with van der Waals surface area (Å²) in [5, 5.41) is 10.3. The van der Waals surface area contributed by atoms with E-state index in [4.69, 9.17) is 4.98 Å². The number of hydrogen-bond acceptors (Lipinski definition) is 5. The van der Waals surface area contributed by atoms with Crippen molar-refractivity contribution in [1.29, 1.82) is 0 Å². The van der Waals surface area contributed by atoms with Crippen LogP contribution in [0.25, 0.3) is 21.6 Å². The minimum atomic E-state index is -1.02. The smallest absolute Gasteiger partial charge is 0.326 e. The molecule has 0 bridgehead atoms. The van der Waals surface area contributed by atoms with Gasteiger partial charge in [-0.3, -0.25) is 14.3 Å². The maximum atomic E-state index is 13.4. The van der Waals surface area contributed by atoms with Gasteiger partial charge in [-0.05, 0) is 49.8 Å². The highest BCUT2D eigenvalue weighted by Crippen LogP contribution is 2.35. The molecular formula is C19H19N3O3S. The number of aromatic nitrogens is 3. The van der Waals surface area contributed by atoms with Gasteiger partial charge >= 0.3 is 5.97 Å². The predicted molar refractivity (Wildman–Crippen MR) is 101 cm³/mol. The first-order valence-electron chi connectivity index (χ1n) is 8.81. The van der Waals surface area contributed by atoms with Gasteiger partial charge in [0.05, 0.1) is 5.39 Å². The van der Waals surface area contributed by atoms with E-state index >= 15 is 0 Å². The number of rotatable bonds is 4. The van der Waals surface area contributed by atoms with Gasteiger partial charge in [0, 0.05) is 22.8 Å². The van der Waals surface area contributed by atoms with Crippen molar-refractivity contribution >= 4 is 27.5 Å². The molecule has 1 aliphatic rings. The Bertz CT molecular complexity index is 1040. The van der Waals surface area contributed by atoms with Crippen LogP contribution in [-0.2, 0) is 17.6 Å². The highest BCUT2D eigenvalue weighted by molar-refractivity contribution is 7.18. The normalized spacial score (nSPS) is 15.0. The van der Waals surface area contributed by atoms with E-state index in [0.717, 1.165) is 31.2 Å². The summed E-state index contributed by atoms with van der Waals surface area (Å²) in [6.45, 7) is 1.77. The molecule has 0 radical (unpaired) electrons. The number of carboxylic acid groups (broad SMARTS) is 1. The van der Waals surface area contributed by atoms with Gasteiger partial charge in [-0.25, -0.2) is 9.78 Å². The molecule has 3 heterocycles. The molecule has 4 rings (SSSR count). The summed E-state index contributed by atoms with van der Waals surface area (Å²) in [6.07, 6.45) is 7.57. The number of thiophene rings is 1. The minimum Gasteiger partial charge on any atom is -0.480 e. The molecule has 1 aliphatic carbocycles. The fourth-order valence-corrected chi connectivity index (χ4v) is 4.93. The molecule has 1 N–H and O–H groups in total. The van der Waals surface area contributed by atoms with Crippen LogP contribution >= 0.6 is 11.3 Å². The van der Waals surface area contributed by atoms with Gasteiger partial charge in [-0.2, -0.15) is 0 Å². The lowest BCUT2D eigenvalue weighted by atomic mass is 9.97. The maximum absolute atomic E-state index is 13.4. The van der Waals surface area contributed by atoms with Crippen LogP contribution in [0.5, 0.6) is 0 Å². The van der Waals surface area contributed by atoms with E-state index in [1.165, 1.54) is 9.44 Å². The van der Waals surface area contributed by atoms with Crippen molar-refractivity contribution in [3.05, 3.63) is 45.3 Å². The SMILES string of the molecule is CCC(C(=O)O)n1c(-c2ccncc2)nc2sc3c(c2c1=O)CCCC3. The number of carbonyl (C=O) groups is 1. The van der Waals surface area contributed by atoms with Crippen molar-refractivity contribution in [1.82, 2.24) is 14.5 Å². The van der Waals surface area contributed by atoms with Crippen LogP contribution in [0.3, 0.4) is 0 Å². The lowest BCUT2D eigenvalue weighted by Crippen LogP contribution is -2.32. The molecule has 0 spiro atoms. The van der Waals surface area contributed by atoms with E-state index in [1.54, 1.807) is 42.8 Å². The predicted octanol–water partition coefficient (Wildman–Crippen LogP) is 3.43. The largest absolute Gasteiger partial charge is 0.480 e. The van der Waals surface area contributed by atoms with E-state index in [-0.39, 0.29) is 5.56 Å². The Hall–Kier alpha value is -2.54. The van der Waals surface area contributed by atoms with Gasteiger partial charge in [-0.15, -0.1) is 11.3 Å². The molecule has 26 heavy (non-hydrogen) atoms. The monoisotopic (exact) mass is 369 g/mol. The summed E-state index contributed by atoms with van der Waals surface area (Å²) in [6, 6.07) is 2.57. The highest BCUT2D eigenvalue weighted by Gasteiger charge is 2.28. The average molecular weight is 369 g/mol. The molecule has 1 unspecified atom stereocenters. The Morgan fingerprint density at radius 1 is 1.31 bits per heavy atom. The number of aliphatic carboxylic acids is 1. The third-order valence-electron chi connectivity index (χ3n) is 4.94. The van der Waals surface area contributed by atoms with Crippen molar-refractivity contribution in [3.63, 3.8) is 0 Å². The van der Waals surface area contributed by atoms with Gasteiger partial charge in [0.25, 0.3) is 5.56 Å². The Kier molecular flexibility index (Phi) is 4.32. The fraction of sp³-hybridized carbons (Fsp3) is 0.368. The number of nitrogens with zero attached hydrogens (tertiary/aromatic N) is 3. The van der Waals surface area contributed by atoms with Gasteiger partial charge in [0.15, 0.2) is 0 Å². The first-order chi connectivity index (χ1) is 12.6. The molecule has 1 atom stereocenters. The number of pyridine rings is 1. The zero-order valence-corrected chi connectivity index (χ0v) is 15.3. The molecule has 3 aromatic rings. The molecule has 0 aromatic carbocycles. The van der Waals surface area contributed by atoms with Crippen LogP contribution in [-0.4, -0.2) is 25.6 Å². The second-order valence-corrected chi connectivity index (χ2v) is 7.58. The Morgan fingerprint density at radius 2 is 2.04 bits per heavy atom. The third kappa shape index (κ3) is 2.63. The van der Waals surface area contributed by atoms with Crippen LogP contribution in [0.15, 0.2) is 29.3 Å². The van der Waals surface area contributed by atoms with Crippen molar-refractivity contribution in [2.45, 2.75) is 45.1 Å². The molecule has 0 amide bonds. The van der Waals surface area contributed by atoms with Gasteiger partial charge in [0.2, 0.25) is 0 Å². The number of carboxylic acids is 1. The Labute approximate surface area is 154 Å². The van der Waals surface area contributed by atoms with Crippen LogP contribution in [0.4, 0.5) is 0 Å². The van der Waals surface area contributed by atoms with Crippen LogP contribution in [0.1, 0.15) is 42.7 Å². The summed E-state index contributed by atoms with van der Waals surface area (Å²) >= 11 is 1.57. The van der Waals surface area contributed by atoms with Crippen molar-refractivity contribution in [3.8, 4) is 11.4 Å². The molecular weight excluding hydrogens is 350 g/mol. The molecule has 3 aromatic heterocycles. The summed E-state index contributed by atoms with van der Waals surface area (Å²) in [7, 11) is 0. The van der Waals surface area contributed by atoms with Gasteiger partial charge in [0.1, 0.15) is 16.7 Å². The quantitative estimate of drug-likeness (QED) is 0.761. The second kappa shape index (κ2) is 6.64. The van der Waals surface area contributed by atoms with Gasteiger partial charge < -0.3 is 5.11 Å². The molecule has 0 saturated carbocycles. The van der Waals surface area contributed by atoms with Crippen molar-refractivity contribution < 1.29 is 9.90 Å². The standard InChI is InChI=1S/C19H19N3O3S/c1-2-13(19(24)25)22-16(11-7-9-20-10-8-11)21-17-15(18(22)23)12-5-3-4-6-14(12)26-17/h7-10,13H,2-6H2,1H3,(H,24,25). The van der Waals surface area contributed by atoms with Crippen molar-refractivity contribution in [2.24, 2.45) is 0 Å². The number of fused-ring (bicyclic) bond motifs is 3. The lowest BCUT2D eigenvalue weighted by molar-refractivity contribution is -0.141. The highest BCUT2D eigenvalue weighted by atomic mass is 32.1. The summed E-state index contributed by atoms with van der Waals surface area (Å²) in [5.74, 6) is -0.618. The van der Waals surface area contributed by atoms with Crippen LogP contribution < -0.4 is 5.56 Å². The van der Waals surface area contributed by atoms with Gasteiger partial charge in [-0.1, -0.05) is 6.92 Å². The number of aryl methyl sites for hydroxylation is 2. The van der Waals surface area contributed by atoms with Crippen molar-refractivity contribution in [2.75, 3.05) is 0 Å². The Morgan fingerprint density at radius 3 is 2.73 bits per heavy atom. The van der Waals surface area contributed by atoms with E-state index in [2.05, 4.69) is 4.98 Å². The van der Waals surface area contributed by atoms with Crippen LogP contribution in [0, 0.1) is 0 Å². The molecule has 0 fully saturated rings. The molecule has 0 saturated heterocycles. The summed E-state index contributed by atoms with van der Waals surface area (Å²) in [4.78, 5) is 35.9. The lowest BCUT2D eigenvalue weighted by Gasteiger charge is -2.18. The second-order valence-electron chi connectivity index (χ2n) is 6.50. The molecule has 7 heteroatoms. The van der Waals surface area contributed by atoms with E-state index in [1.807, 2.05) is 0 Å². The molecule has 6 nitrogen and oxygen atoms in total. The average Bonchev–Trinajstić information content (AvgIpc) is 3.03. The maximum Gasteiger partial charge on any atom is 0.326 e. The molecule has 134 valence electrons. The Balaban J connectivity index is 2.09. The first-order valence-corrected chi connectivity index (χ1v) is 9.63. The zero-order chi connectivity index (χ0) is 18.3. The number of hydrogen-bond donors (Lipinski definition) is 1.